The molecule has 4 aromatic carbocycles. The molecule has 6 aromatic rings. The highest BCUT2D eigenvalue weighted by Gasteiger charge is 2.39. The third kappa shape index (κ3) is 10.2. The zero-order valence-corrected chi connectivity index (χ0v) is 37.9. The molecule has 12 nitrogen and oxygen atoms in total. The van der Waals surface area contributed by atoms with Crippen LogP contribution in [0.1, 0.15) is 75.5 Å². The quantitative estimate of drug-likeness (QED) is 0.117. The van der Waals surface area contributed by atoms with Crippen LogP contribution in [0.2, 0.25) is 0 Å². The van der Waals surface area contributed by atoms with Gasteiger partial charge >= 0.3 is 12.2 Å². The van der Waals surface area contributed by atoms with Crippen molar-refractivity contribution in [3.63, 3.8) is 0 Å². The summed E-state index contributed by atoms with van der Waals surface area (Å²) in [4.78, 5) is 68.7. The Balaban J connectivity index is 0.884. The lowest BCUT2D eigenvalue weighted by Gasteiger charge is -2.30. The van der Waals surface area contributed by atoms with Crippen molar-refractivity contribution in [1.29, 1.82) is 0 Å². The summed E-state index contributed by atoms with van der Waals surface area (Å²) in [5.74, 6) is 0.287. The van der Waals surface area contributed by atoms with Gasteiger partial charge in [0.1, 0.15) is 33.6 Å². The molecule has 2 aromatic heterocycles. The number of benzene rings is 4. The summed E-state index contributed by atoms with van der Waals surface area (Å²) in [5.41, 5.74) is 4.25. The van der Waals surface area contributed by atoms with Gasteiger partial charge in [0.25, 0.3) is 0 Å². The molecule has 2 fully saturated rings. The summed E-state index contributed by atoms with van der Waals surface area (Å²) in [6.07, 6.45) is 5.78. The van der Waals surface area contributed by atoms with E-state index in [2.05, 4.69) is 59.2 Å². The average molecular weight is 897 g/mol. The number of likely N-dealkylation sites (tertiary alicyclic amines) is 2. The van der Waals surface area contributed by atoms with E-state index >= 15 is 0 Å². The molecule has 2 aliphatic rings. The predicted octanol–water partition coefficient (Wildman–Crippen LogP) is 10.6. The monoisotopic (exact) mass is 896 g/mol. The molecule has 330 valence electrons. The maximum absolute atomic E-state index is 13.9. The fourth-order valence-electron chi connectivity index (χ4n) is 8.27. The smallest absolute Gasteiger partial charge is 0.410 e. The van der Waals surface area contributed by atoms with E-state index in [1.54, 1.807) is 71.2 Å². The molecule has 0 aliphatic carbocycles. The van der Waals surface area contributed by atoms with Crippen LogP contribution in [0.15, 0.2) is 122 Å². The SMILES string of the molecule is CC(C)[C@@H](NC(=O)Oc1ccccc1)C(=O)N1CCC[C@H]1c1ncc(-c2ccc(-c3ccc(-c4cnc([C@@H]5CCCN5C(=O)[C@H](NC(=O)Oc5ccccc5)C(C)C)s4)cc3)cc2)s1. The summed E-state index contributed by atoms with van der Waals surface area (Å²) in [6, 6.07) is 32.7. The summed E-state index contributed by atoms with van der Waals surface area (Å²) in [5, 5.41) is 7.38. The van der Waals surface area contributed by atoms with Crippen molar-refractivity contribution in [2.45, 2.75) is 77.5 Å². The Hall–Kier alpha value is -6.38. The lowest BCUT2D eigenvalue weighted by atomic mass is 10.0. The molecular formula is C50H52N6O6S2. The van der Waals surface area contributed by atoms with Crippen LogP contribution in [0.25, 0.3) is 32.0 Å². The van der Waals surface area contributed by atoms with Gasteiger partial charge in [0.05, 0.1) is 21.8 Å². The Kier molecular flexibility index (Phi) is 13.8. The molecule has 14 heteroatoms. The third-order valence-corrected chi connectivity index (χ3v) is 14.0. The van der Waals surface area contributed by atoms with Gasteiger partial charge in [0.2, 0.25) is 11.8 Å². The Bertz CT molecular complexity index is 2370. The van der Waals surface area contributed by atoms with Crippen LogP contribution in [0.4, 0.5) is 9.59 Å². The van der Waals surface area contributed by atoms with Gasteiger partial charge in [-0.1, -0.05) is 113 Å². The van der Waals surface area contributed by atoms with Gasteiger partial charge in [0.15, 0.2) is 0 Å². The zero-order chi connectivity index (χ0) is 44.7. The highest BCUT2D eigenvalue weighted by molar-refractivity contribution is 7.15. The van der Waals surface area contributed by atoms with Gasteiger partial charge in [-0.15, -0.1) is 22.7 Å². The number of ether oxygens (including phenoxy) is 2. The van der Waals surface area contributed by atoms with E-state index in [4.69, 9.17) is 19.4 Å². The molecular weight excluding hydrogens is 845 g/mol. The first-order valence-electron chi connectivity index (χ1n) is 21.8. The van der Waals surface area contributed by atoms with Crippen molar-refractivity contribution >= 4 is 46.7 Å². The third-order valence-electron chi connectivity index (χ3n) is 11.7. The average Bonchev–Trinajstić information content (AvgIpc) is 4.15. The van der Waals surface area contributed by atoms with Gasteiger partial charge in [-0.3, -0.25) is 9.59 Å². The molecule has 0 bridgehead atoms. The fourth-order valence-corrected chi connectivity index (χ4v) is 10.4. The Morgan fingerprint density at radius 1 is 0.547 bits per heavy atom. The van der Waals surface area contributed by atoms with Crippen LogP contribution >= 0.6 is 22.7 Å². The van der Waals surface area contributed by atoms with E-state index in [0.717, 1.165) is 67.7 Å². The summed E-state index contributed by atoms with van der Waals surface area (Å²) in [6.45, 7) is 8.87. The molecule has 0 unspecified atom stereocenters. The number of hydrogen-bond donors (Lipinski definition) is 2. The molecule has 0 spiro atoms. The lowest BCUT2D eigenvalue weighted by Crippen LogP contribution is -2.51. The van der Waals surface area contributed by atoms with E-state index < -0.39 is 24.3 Å². The van der Waals surface area contributed by atoms with Crippen molar-refractivity contribution in [2.24, 2.45) is 11.8 Å². The number of carbonyl (C=O) groups is 4. The van der Waals surface area contributed by atoms with Gasteiger partial charge < -0.3 is 29.9 Å². The maximum atomic E-state index is 13.9. The summed E-state index contributed by atoms with van der Waals surface area (Å²) < 4.78 is 10.9. The van der Waals surface area contributed by atoms with Crippen LogP contribution in [0, 0.1) is 11.8 Å². The minimum absolute atomic E-state index is 0.132. The minimum atomic E-state index is -0.731. The Morgan fingerprint density at radius 3 is 1.27 bits per heavy atom. The molecule has 2 N–H and O–H groups in total. The van der Waals surface area contributed by atoms with E-state index in [0.29, 0.717) is 24.6 Å². The van der Waals surface area contributed by atoms with Crippen molar-refractivity contribution in [2.75, 3.05) is 13.1 Å². The number of hydrogen-bond acceptors (Lipinski definition) is 10. The normalized spacial score (nSPS) is 17.0. The van der Waals surface area contributed by atoms with Gasteiger partial charge in [-0.25, -0.2) is 19.6 Å². The second kappa shape index (κ2) is 20.0. The van der Waals surface area contributed by atoms with E-state index in [-0.39, 0.29) is 35.7 Å². The molecule has 64 heavy (non-hydrogen) atoms. The van der Waals surface area contributed by atoms with E-state index in [1.807, 2.05) is 62.0 Å². The van der Waals surface area contributed by atoms with Gasteiger partial charge in [-0.2, -0.15) is 0 Å². The molecule has 4 atom stereocenters. The van der Waals surface area contributed by atoms with Crippen molar-refractivity contribution in [3.8, 4) is 43.5 Å². The number of thiazole rings is 2. The molecule has 8 rings (SSSR count). The summed E-state index contributed by atoms with van der Waals surface area (Å²) in [7, 11) is 0. The van der Waals surface area contributed by atoms with Crippen LogP contribution in [-0.4, -0.2) is 68.9 Å². The lowest BCUT2D eigenvalue weighted by molar-refractivity contribution is -0.136. The predicted molar refractivity (Wildman–Crippen MR) is 250 cm³/mol. The first-order chi connectivity index (χ1) is 31.0. The van der Waals surface area contributed by atoms with Crippen molar-refractivity contribution < 1.29 is 28.7 Å². The number of nitrogens with zero attached hydrogens (tertiary/aromatic N) is 4. The number of rotatable bonds is 13. The number of aromatic nitrogens is 2. The molecule has 2 saturated heterocycles. The maximum Gasteiger partial charge on any atom is 0.413 e. The van der Waals surface area contributed by atoms with E-state index in [1.165, 1.54) is 0 Å². The highest BCUT2D eigenvalue weighted by atomic mass is 32.1. The number of carbonyl (C=O) groups excluding carboxylic acids is 4. The second-order valence-corrected chi connectivity index (χ2v) is 18.9. The van der Waals surface area contributed by atoms with Gasteiger partial charge in [-0.05, 0) is 84.0 Å². The molecule has 4 heterocycles. The van der Waals surface area contributed by atoms with Crippen molar-refractivity contribution in [3.05, 3.63) is 132 Å². The largest absolute Gasteiger partial charge is 0.413 e. The highest BCUT2D eigenvalue weighted by Crippen LogP contribution is 2.40. The molecule has 4 amide bonds. The van der Waals surface area contributed by atoms with Crippen LogP contribution in [-0.2, 0) is 9.59 Å². The molecule has 2 aliphatic heterocycles. The number of nitrogens with one attached hydrogen (secondary N) is 2. The fraction of sp³-hybridized carbons (Fsp3) is 0.320. The van der Waals surface area contributed by atoms with Crippen molar-refractivity contribution in [1.82, 2.24) is 30.4 Å². The number of amides is 4. The Labute approximate surface area is 381 Å². The van der Waals surface area contributed by atoms with Gasteiger partial charge in [0, 0.05) is 25.5 Å². The molecule has 0 radical (unpaired) electrons. The summed E-state index contributed by atoms with van der Waals surface area (Å²) >= 11 is 3.19. The minimum Gasteiger partial charge on any atom is -0.410 e. The van der Waals surface area contributed by atoms with Crippen LogP contribution in [0.3, 0.4) is 0 Å². The molecule has 0 saturated carbocycles. The number of para-hydroxylation sites is 2. The van der Waals surface area contributed by atoms with Crippen LogP contribution in [0.5, 0.6) is 11.5 Å². The first-order valence-corrected chi connectivity index (χ1v) is 23.5. The Morgan fingerprint density at radius 2 is 0.906 bits per heavy atom. The van der Waals surface area contributed by atoms with Crippen LogP contribution < -0.4 is 20.1 Å². The standard InChI is InChI=1S/C50H52N6O6S2/c1-31(2)43(53-49(59)61-37-13-7-5-8-14-37)47(57)55-27-11-17-39(55)45-51-29-41(63-45)35-23-19-33(20-24-35)34-21-25-36(26-22-34)42-30-52-46(64-42)40-18-12-28-56(40)48(58)44(32(3)4)54-50(60)62-38-15-9-6-10-16-38/h5-10,13-16,19-26,29-32,39-40,43-44H,11-12,17-18,27-28H2,1-4H3,(H,53,59)(H,54,60)/t39-,40-,43+,44+/m0/s1. The topological polar surface area (TPSA) is 143 Å². The zero-order valence-electron chi connectivity index (χ0n) is 36.3. The second-order valence-electron chi connectivity index (χ2n) is 16.8. The van der Waals surface area contributed by atoms with E-state index in [9.17, 15) is 19.2 Å². The first kappa shape index (κ1) is 44.2.